The molecule has 0 spiro atoms. The van der Waals surface area contributed by atoms with Crippen molar-refractivity contribution < 1.29 is 12.8 Å². The highest BCUT2D eigenvalue weighted by molar-refractivity contribution is 7.92. The van der Waals surface area contributed by atoms with E-state index in [1.807, 2.05) is 6.07 Å². The number of fused-ring (bicyclic) bond motifs is 1. The molecule has 21 heavy (non-hydrogen) atoms. The van der Waals surface area contributed by atoms with Gasteiger partial charge in [0.15, 0.2) is 0 Å². The van der Waals surface area contributed by atoms with E-state index in [-0.39, 0.29) is 4.90 Å². The molecule has 3 aromatic rings. The Morgan fingerprint density at radius 3 is 2.52 bits per heavy atom. The first-order valence-corrected chi connectivity index (χ1v) is 7.66. The molecule has 0 saturated heterocycles. The molecule has 4 nitrogen and oxygen atoms in total. The molecule has 6 heteroatoms. The Balaban J connectivity index is 2.03. The zero-order chi connectivity index (χ0) is 14.9. The molecular formula is C15H11FN2O2S. The van der Waals surface area contributed by atoms with Crippen molar-refractivity contribution in [3.05, 3.63) is 66.7 Å². The summed E-state index contributed by atoms with van der Waals surface area (Å²) in [5.41, 5.74) is 0.435. The first-order valence-electron chi connectivity index (χ1n) is 6.17. The summed E-state index contributed by atoms with van der Waals surface area (Å²) in [6, 6.07) is 11.7. The highest BCUT2D eigenvalue weighted by Gasteiger charge is 2.15. The molecule has 1 heterocycles. The maximum Gasteiger partial charge on any atom is 0.261 e. The van der Waals surface area contributed by atoms with E-state index in [1.165, 1.54) is 12.1 Å². The lowest BCUT2D eigenvalue weighted by Crippen LogP contribution is -2.13. The van der Waals surface area contributed by atoms with Gasteiger partial charge in [0.2, 0.25) is 0 Å². The number of sulfonamides is 1. The minimum absolute atomic E-state index is 0.00444. The first kappa shape index (κ1) is 13.5. The van der Waals surface area contributed by atoms with E-state index in [4.69, 9.17) is 0 Å². The molecule has 0 unspecified atom stereocenters. The molecular weight excluding hydrogens is 291 g/mol. The van der Waals surface area contributed by atoms with E-state index in [0.29, 0.717) is 11.1 Å². The van der Waals surface area contributed by atoms with Gasteiger partial charge < -0.3 is 0 Å². The van der Waals surface area contributed by atoms with E-state index in [0.717, 1.165) is 17.5 Å². The molecule has 0 aliphatic rings. The number of nitrogens with zero attached hydrogens (tertiary/aromatic N) is 1. The van der Waals surface area contributed by atoms with Gasteiger partial charge in [-0.3, -0.25) is 9.71 Å². The number of hydrogen-bond donors (Lipinski definition) is 1. The zero-order valence-electron chi connectivity index (χ0n) is 10.8. The Kier molecular flexibility index (Phi) is 3.31. The van der Waals surface area contributed by atoms with Crippen molar-refractivity contribution in [2.75, 3.05) is 4.72 Å². The summed E-state index contributed by atoms with van der Waals surface area (Å²) in [7, 11) is -3.77. The van der Waals surface area contributed by atoms with Crippen LogP contribution in [0, 0.1) is 5.82 Å². The van der Waals surface area contributed by atoms with E-state index in [9.17, 15) is 12.8 Å². The first-order chi connectivity index (χ1) is 10.1. The third-order valence-corrected chi connectivity index (χ3v) is 4.43. The Morgan fingerprint density at radius 2 is 1.76 bits per heavy atom. The summed E-state index contributed by atoms with van der Waals surface area (Å²) in [6.07, 6.45) is 3.23. The number of pyridine rings is 1. The number of aromatic nitrogens is 1. The van der Waals surface area contributed by atoms with E-state index < -0.39 is 15.8 Å². The van der Waals surface area contributed by atoms with Gasteiger partial charge in [0.25, 0.3) is 10.0 Å². The second-order valence-electron chi connectivity index (χ2n) is 4.46. The molecule has 0 atom stereocenters. The molecule has 3 rings (SSSR count). The van der Waals surface area contributed by atoms with Crippen LogP contribution < -0.4 is 4.72 Å². The number of hydrogen-bond acceptors (Lipinski definition) is 3. The molecule has 2 aromatic carbocycles. The number of nitrogens with one attached hydrogen (secondary N) is 1. The monoisotopic (exact) mass is 302 g/mol. The van der Waals surface area contributed by atoms with E-state index in [2.05, 4.69) is 9.71 Å². The molecule has 0 aliphatic heterocycles. The van der Waals surface area contributed by atoms with Crippen LogP contribution in [0.2, 0.25) is 0 Å². The average Bonchev–Trinajstić information content (AvgIpc) is 2.48. The smallest absolute Gasteiger partial charge is 0.261 e. The molecule has 0 fully saturated rings. The van der Waals surface area contributed by atoms with Crippen LogP contribution in [0.4, 0.5) is 10.1 Å². The Hall–Kier alpha value is -2.47. The van der Waals surface area contributed by atoms with Crippen LogP contribution in [-0.4, -0.2) is 13.4 Å². The van der Waals surface area contributed by atoms with Crippen LogP contribution in [0.15, 0.2) is 65.8 Å². The molecule has 0 amide bonds. The second kappa shape index (κ2) is 5.14. The minimum atomic E-state index is -3.77. The van der Waals surface area contributed by atoms with Crippen LogP contribution in [-0.2, 0) is 10.0 Å². The fourth-order valence-electron chi connectivity index (χ4n) is 2.02. The predicted octanol–water partition coefficient (Wildman–Crippen LogP) is 3.17. The summed E-state index contributed by atoms with van der Waals surface area (Å²) in [5.74, 6) is -0.483. The lowest BCUT2D eigenvalue weighted by Gasteiger charge is -2.10. The van der Waals surface area contributed by atoms with Gasteiger partial charge in [-0.1, -0.05) is 12.1 Å². The summed E-state index contributed by atoms with van der Waals surface area (Å²) >= 11 is 0. The van der Waals surface area contributed by atoms with Gasteiger partial charge >= 0.3 is 0 Å². The normalized spacial score (nSPS) is 11.5. The SMILES string of the molecule is O=S(=O)(Nc1cccc2ccncc12)c1ccc(F)cc1. The maximum absolute atomic E-state index is 12.9. The van der Waals surface area contributed by atoms with Gasteiger partial charge in [-0.25, -0.2) is 12.8 Å². The fraction of sp³-hybridized carbons (Fsp3) is 0. The summed E-state index contributed by atoms with van der Waals surface area (Å²) in [4.78, 5) is 4.01. The van der Waals surface area contributed by atoms with Gasteiger partial charge in [0.05, 0.1) is 10.6 Å². The van der Waals surface area contributed by atoms with E-state index in [1.54, 1.807) is 30.6 Å². The largest absolute Gasteiger partial charge is 0.279 e. The highest BCUT2D eigenvalue weighted by Crippen LogP contribution is 2.24. The average molecular weight is 302 g/mol. The molecule has 0 saturated carbocycles. The highest BCUT2D eigenvalue weighted by atomic mass is 32.2. The Morgan fingerprint density at radius 1 is 1.00 bits per heavy atom. The molecule has 106 valence electrons. The number of rotatable bonds is 3. The topological polar surface area (TPSA) is 59.1 Å². The minimum Gasteiger partial charge on any atom is -0.279 e. The molecule has 0 bridgehead atoms. The summed E-state index contributed by atoms with van der Waals surface area (Å²) in [5, 5.41) is 1.58. The number of halogens is 1. The Labute approximate surface area is 121 Å². The van der Waals surface area contributed by atoms with Crippen molar-refractivity contribution in [3.8, 4) is 0 Å². The van der Waals surface area contributed by atoms with Crippen molar-refractivity contribution in [2.45, 2.75) is 4.90 Å². The Bertz CT molecular complexity index is 888. The molecule has 0 radical (unpaired) electrons. The third-order valence-electron chi connectivity index (χ3n) is 3.05. The predicted molar refractivity (Wildman–Crippen MR) is 79.0 cm³/mol. The van der Waals surface area contributed by atoms with Gasteiger partial charge in [-0.05, 0) is 41.8 Å². The van der Waals surface area contributed by atoms with Crippen molar-refractivity contribution in [2.24, 2.45) is 0 Å². The lowest BCUT2D eigenvalue weighted by molar-refractivity contribution is 0.599. The molecule has 1 aromatic heterocycles. The van der Waals surface area contributed by atoms with E-state index >= 15 is 0 Å². The van der Waals surface area contributed by atoms with Gasteiger partial charge in [-0.2, -0.15) is 0 Å². The van der Waals surface area contributed by atoms with Crippen molar-refractivity contribution in [1.82, 2.24) is 4.98 Å². The van der Waals surface area contributed by atoms with Crippen LogP contribution in [0.5, 0.6) is 0 Å². The van der Waals surface area contributed by atoms with Crippen LogP contribution in [0.25, 0.3) is 10.8 Å². The molecule has 1 N–H and O–H groups in total. The van der Waals surface area contributed by atoms with Crippen molar-refractivity contribution in [3.63, 3.8) is 0 Å². The third kappa shape index (κ3) is 2.71. The van der Waals surface area contributed by atoms with Crippen molar-refractivity contribution >= 4 is 26.5 Å². The van der Waals surface area contributed by atoms with Gasteiger partial charge in [0, 0.05) is 17.8 Å². The second-order valence-corrected chi connectivity index (χ2v) is 6.14. The number of benzene rings is 2. The zero-order valence-corrected chi connectivity index (χ0v) is 11.6. The quantitative estimate of drug-likeness (QED) is 0.808. The summed E-state index contributed by atoms with van der Waals surface area (Å²) < 4.78 is 40.0. The van der Waals surface area contributed by atoms with Crippen LogP contribution in [0.1, 0.15) is 0 Å². The number of anilines is 1. The van der Waals surface area contributed by atoms with Crippen LogP contribution >= 0.6 is 0 Å². The molecule has 0 aliphatic carbocycles. The van der Waals surface area contributed by atoms with Gasteiger partial charge in [0.1, 0.15) is 5.82 Å². The summed E-state index contributed by atoms with van der Waals surface area (Å²) in [6.45, 7) is 0. The standard InChI is InChI=1S/C15H11FN2O2S/c16-12-4-6-13(7-5-12)21(19,20)18-15-3-1-2-11-8-9-17-10-14(11)15/h1-10,18H. The maximum atomic E-state index is 12.9. The fourth-order valence-corrected chi connectivity index (χ4v) is 3.10. The van der Waals surface area contributed by atoms with Gasteiger partial charge in [-0.15, -0.1) is 0 Å². The van der Waals surface area contributed by atoms with Crippen molar-refractivity contribution in [1.29, 1.82) is 0 Å². The van der Waals surface area contributed by atoms with Crippen LogP contribution in [0.3, 0.4) is 0 Å². The lowest BCUT2D eigenvalue weighted by atomic mass is 10.1.